The van der Waals surface area contributed by atoms with Crippen LogP contribution in [0.3, 0.4) is 0 Å². The quantitative estimate of drug-likeness (QED) is 0.828. The largest absolute Gasteiger partial charge is 0.496 e. The van der Waals surface area contributed by atoms with Crippen molar-refractivity contribution in [3.05, 3.63) is 35.4 Å². The van der Waals surface area contributed by atoms with Gasteiger partial charge in [-0.05, 0) is 12.1 Å². The van der Waals surface area contributed by atoms with Gasteiger partial charge in [-0.3, -0.25) is 9.59 Å². The Morgan fingerprint density at radius 3 is 2.29 bits per heavy atom. The lowest BCUT2D eigenvalue weighted by atomic mass is 10.0. The maximum absolute atomic E-state index is 12.3. The van der Waals surface area contributed by atoms with Crippen LogP contribution in [0.15, 0.2) is 29.8 Å². The van der Waals surface area contributed by atoms with Crippen molar-refractivity contribution in [1.82, 2.24) is 0 Å². The van der Waals surface area contributed by atoms with Crippen LogP contribution < -0.4 is 15.2 Å². The van der Waals surface area contributed by atoms with Crippen LogP contribution in [-0.4, -0.2) is 26.0 Å². The second-order valence-electron chi connectivity index (χ2n) is 4.23. The predicted octanol–water partition coefficient (Wildman–Crippen LogP) is 1.04. The molecule has 0 saturated carbocycles. The Morgan fingerprint density at radius 1 is 1.24 bits per heavy atom. The van der Waals surface area contributed by atoms with Gasteiger partial charge in [0, 0.05) is 6.92 Å². The molecule has 1 heterocycles. The molecule has 1 aliphatic heterocycles. The Morgan fingerprint density at radius 2 is 1.81 bits per heavy atom. The molecule has 1 aromatic carbocycles. The molecule has 0 aliphatic carbocycles. The normalized spacial score (nSPS) is 17.5. The van der Waals surface area contributed by atoms with Crippen LogP contribution in [0.4, 0.5) is 0 Å². The van der Waals surface area contributed by atoms with Crippen LogP contribution in [-0.2, 0) is 19.1 Å². The van der Waals surface area contributed by atoms with Gasteiger partial charge in [-0.15, -0.1) is 0 Å². The van der Waals surface area contributed by atoms with E-state index in [1.165, 1.54) is 21.1 Å². The van der Waals surface area contributed by atoms with Crippen LogP contribution >= 0.6 is 0 Å². The van der Waals surface area contributed by atoms with Crippen molar-refractivity contribution in [1.29, 1.82) is 0 Å². The highest BCUT2D eigenvalue weighted by molar-refractivity contribution is 6.02. The Kier molecular flexibility index (Phi) is 4.02. The predicted molar refractivity (Wildman–Crippen MR) is 71.4 cm³/mol. The van der Waals surface area contributed by atoms with Crippen molar-refractivity contribution in [2.45, 2.75) is 13.0 Å². The number of hydrogen-bond donors (Lipinski definition) is 1. The molecule has 1 atom stereocenters. The third-order valence-electron chi connectivity index (χ3n) is 2.90. The van der Waals surface area contributed by atoms with Gasteiger partial charge in [0.05, 0.1) is 19.8 Å². The number of carbonyl (C=O) groups is 2. The summed E-state index contributed by atoms with van der Waals surface area (Å²) in [7, 11) is 2.92. The molecule has 1 aliphatic rings. The number of nitrogens with two attached hydrogens (primary N) is 1. The molecule has 0 spiro atoms. The van der Waals surface area contributed by atoms with Gasteiger partial charge in [-0.2, -0.15) is 0 Å². The summed E-state index contributed by atoms with van der Waals surface area (Å²) >= 11 is 0. The van der Waals surface area contributed by atoms with Gasteiger partial charge in [0.1, 0.15) is 11.5 Å². The summed E-state index contributed by atoms with van der Waals surface area (Å²) in [4.78, 5) is 23.3. The first kappa shape index (κ1) is 14.7. The van der Waals surface area contributed by atoms with E-state index >= 15 is 0 Å². The Labute approximate surface area is 121 Å². The summed E-state index contributed by atoms with van der Waals surface area (Å²) in [6.45, 7) is 1.17. The molecule has 0 bridgehead atoms. The summed E-state index contributed by atoms with van der Waals surface area (Å²) < 4.78 is 20.6. The van der Waals surface area contributed by atoms with E-state index in [1.54, 1.807) is 18.2 Å². The minimum Gasteiger partial charge on any atom is -0.496 e. The van der Waals surface area contributed by atoms with E-state index in [4.69, 9.17) is 24.7 Å². The molecule has 0 amide bonds. The zero-order valence-electron chi connectivity index (χ0n) is 11.8. The fourth-order valence-electron chi connectivity index (χ4n) is 2.05. The molecule has 1 unspecified atom stereocenters. The molecule has 7 heteroatoms. The summed E-state index contributed by atoms with van der Waals surface area (Å²) in [6, 6.07) is 5.04. The average Bonchev–Trinajstić information content (AvgIpc) is 2.73. The molecular weight excluding hydrogens is 278 g/mol. The molecule has 0 saturated heterocycles. The molecule has 2 N–H and O–H groups in total. The minimum absolute atomic E-state index is 0.242. The van der Waals surface area contributed by atoms with Crippen LogP contribution in [0.1, 0.15) is 18.6 Å². The van der Waals surface area contributed by atoms with E-state index < -0.39 is 17.9 Å². The summed E-state index contributed by atoms with van der Waals surface area (Å²) in [5.74, 6) is -0.953. The molecule has 7 nitrogen and oxygen atoms in total. The lowest BCUT2D eigenvalue weighted by molar-refractivity contribution is -0.140. The number of carbonyl (C=O) groups excluding carboxylic acids is 2. The average molecular weight is 293 g/mol. The molecule has 2 rings (SSSR count). The Bertz CT molecular complexity index is 600. The van der Waals surface area contributed by atoms with E-state index in [9.17, 15) is 9.59 Å². The van der Waals surface area contributed by atoms with Gasteiger partial charge in [-0.1, -0.05) is 6.07 Å². The van der Waals surface area contributed by atoms with Crippen molar-refractivity contribution in [2.24, 2.45) is 5.73 Å². The van der Waals surface area contributed by atoms with Crippen molar-refractivity contribution >= 4 is 11.8 Å². The molecule has 112 valence electrons. The van der Waals surface area contributed by atoms with Gasteiger partial charge < -0.3 is 24.7 Å². The van der Waals surface area contributed by atoms with Crippen LogP contribution in [0, 0.1) is 0 Å². The first-order valence-corrected chi connectivity index (χ1v) is 6.09. The maximum Gasteiger partial charge on any atom is 0.308 e. The first-order chi connectivity index (χ1) is 9.99. The molecule has 0 aromatic heterocycles. The number of methoxy groups -OCH3 is 2. The maximum atomic E-state index is 12.3. The third-order valence-corrected chi connectivity index (χ3v) is 2.90. The third kappa shape index (κ3) is 2.62. The highest BCUT2D eigenvalue weighted by Crippen LogP contribution is 2.41. The topological polar surface area (TPSA) is 97.1 Å². The minimum atomic E-state index is -1.08. The molecule has 0 fully saturated rings. The fourth-order valence-corrected chi connectivity index (χ4v) is 2.05. The highest BCUT2D eigenvalue weighted by atomic mass is 16.6. The van der Waals surface area contributed by atoms with Crippen molar-refractivity contribution in [2.75, 3.05) is 14.2 Å². The lowest BCUT2D eigenvalue weighted by Gasteiger charge is -2.17. The number of ketones is 1. The van der Waals surface area contributed by atoms with Gasteiger partial charge >= 0.3 is 5.97 Å². The van der Waals surface area contributed by atoms with Crippen LogP contribution in [0.5, 0.6) is 11.5 Å². The van der Waals surface area contributed by atoms with E-state index in [-0.39, 0.29) is 11.6 Å². The standard InChI is InChI=1S/C14H15NO6/c1-7(16)20-13-11(17)12(21-14(13)15)10-8(18-2)5-4-6-9(10)19-3/h4-6,12H,15H2,1-3H3. The second-order valence-corrected chi connectivity index (χ2v) is 4.23. The smallest absolute Gasteiger partial charge is 0.308 e. The molecule has 1 aromatic rings. The SMILES string of the molecule is COc1cccc(OC)c1C1OC(N)=C(OC(C)=O)C1=O. The molecular formula is C14H15NO6. The van der Waals surface area contributed by atoms with E-state index in [0.29, 0.717) is 17.1 Å². The monoisotopic (exact) mass is 293 g/mol. The Hall–Kier alpha value is -2.70. The van der Waals surface area contributed by atoms with Crippen LogP contribution in [0.25, 0.3) is 0 Å². The van der Waals surface area contributed by atoms with Crippen molar-refractivity contribution in [3.63, 3.8) is 0 Å². The van der Waals surface area contributed by atoms with Gasteiger partial charge in [0.15, 0.2) is 6.10 Å². The number of esters is 1. The first-order valence-electron chi connectivity index (χ1n) is 6.09. The molecule has 0 radical (unpaired) electrons. The summed E-state index contributed by atoms with van der Waals surface area (Å²) in [5.41, 5.74) is 5.99. The van der Waals surface area contributed by atoms with Crippen molar-refractivity contribution in [3.8, 4) is 11.5 Å². The fraction of sp³-hybridized carbons (Fsp3) is 0.286. The zero-order valence-corrected chi connectivity index (χ0v) is 11.8. The summed E-state index contributed by atoms with van der Waals surface area (Å²) in [6.07, 6.45) is -1.08. The van der Waals surface area contributed by atoms with E-state index in [1.807, 2.05) is 0 Å². The number of Topliss-reactive ketones (excluding diaryl/α,β-unsaturated/α-hetero) is 1. The Balaban J connectivity index is 2.42. The van der Waals surface area contributed by atoms with E-state index in [0.717, 1.165) is 0 Å². The van der Waals surface area contributed by atoms with Gasteiger partial charge in [-0.25, -0.2) is 0 Å². The molecule has 21 heavy (non-hydrogen) atoms. The summed E-state index contributed by atoms with van der Waals surface area (Å²) in [5, 5.41) is 0. The van der Waals surface area contributed by atoms with Crippen molar-refractivity contribution < 1.29 is 28.5 Å². The van der Waals surface area contributed by atoms with Gasteiger partial charge in [0.25, 0.3) is 0 Å². The number of hydrogen-bond acceptors (Lipinski definition) is 7. The highest BCUT2D eigenvalue weighted by Gasteiger charge is 2.41. The van der Waals surface area contributed by atoms with Gasteiger partial charge in [0.2, 0.25) is 17.4 Å². The van der Waals surface area contributed by atoms with E-state index in [2.05, 4.69) is 0 Å². The number of rotatable bonds is 4. The number of benzene rings is 1. The number of ether oxygens (including phenoxy) is 4. The second kappa shape index (κ2) is 5.74. The zero-order chi connectivity index (χ0) is 15.6. The van der Waals surface area contributed by atoms with Crippen LogP contribution in [0.2, 0.25) is 0 Å². The lowest BCUT2D eigenvalue weighted by Crippen LogP contribution is -2.14.